The van der Waals surface area contributed by atoms with E-state index in [1.165, 1.54) is 0 Å². The van der Waals surface area contributed by atoms with E-state index >= 15 is 0 Å². The van der Waals surface area contributed by atoms with Crippen molar-refractivity contribution in [1.82, 2.24) is 15.3 Å². The Morgan fingerprint density at radius 2 is 2.33 bits per heavy atom. The molecule has 0 fully saturated rings. The Hall–Kier alpha value is -1.68. The minimum atomic E-state index is 0.585. The fourth-order valence-corrected chi connectivity index (χ4v) is 1.28. The van der Waals surface area contributed by atoms with Crippen LogP contribution in [0, 0.1) is 0 Å². The first-order valence-corrected chi connectivity index (χ1v) is 4.90. The fraction of sp³-hybridized carbons (Fsp3) is 0.273. The van der Waals surface area contributed by atoms with Gasteiger partial charge in [-0.3, -0.25) is 4.98 Å². The first kappa shape index (κ1) is 9.86. The van der Waals surface area contributed by atoms with E-state index in [-0.39, 0.29) is 0 Å². The maximum Gasteiger partial charge on any atom is 0.245 e. The fourth-order valence-electron chi connectivity index (χ4n) is 1.28. The van der Waals surface area contributed by atoms with Gasteiger partial charge in [-0.05, 0) is 19.2 Å². The average Bonchev–Trinajstić information content (AvgIpc) is 2.76. The largest absolute Gasteiger partial charge is 0.443 e. The van der Waals surface area contributed by atoms with E-state index < -0.39 is 0 Å². The van der Waals surface area contributed by atoms with Crippen molar-refractivity contribution >= 4 is 0 Å². The number of pyridine rings is 1. The van der Waals surface area contributed by atoms with Crippen molar-refractivity contribution < 1.29 is 4.42 Å². The highest BCUT2D eigenvalue weighted by Gasteiger charge is 2.06. The van der Waals surface area contributed by atoms with Gasteiger partial charge in [0.15, 0.2) is 0 Å². The molecular formula is C11H13N3O. The van der Waals surface area contributed by atoms with Crippen LogP contribution in [0.2, 0.25) is 0 Å². The number of hydrogen-bond acceptors (Lipinski definition) is 4. The van der Waals surface area contributed by atoms with Crippen LogP contribution < -0.4 is 5.32 Å². The Balaban J connectivity index is 2.14. The van der Waals surface area contributed by atoms with Gasteiger partial charge >= 0.3 is 0 Å². The van der Waals surface area contributed by atoms with Gasteiger partial charge in [-0.2, -0.15) is 0 Å². The zero-order chi connectivity index (χ0) is 10.5. The molecule has 0 aliphatic heterocycles. The molecule has 0 bridgehead atoms. The summed E-state index contributed by atoms with van der Waals surface area (Å²) in [6.07, 6.45) is 4.28. The second-order valence-corrected chi connectivity index (χ2v) is 3.21. The molecule has 2 heterocycles. The van der Waals surface area contributed by atoms with Gasteiger partial charge in [-0.1, -0.05) is 6.07 Å². The topological polar surface area (TPSA) is 51.0 Å². The third-order valence-electron chi connectivity index (χ3n) is 2.07. The summed E-state index contributed by atoms with van der Waals surface area (Å²) in [5.74, 6) is 0.585. The second kappa shape index (κ2) is 4.70. The smallest absolute Gasteiger partial charge is 0.245 e. The molecule has 0 atom stereocenters. The zero-order valence-electron chi connectivity index (χ0n) is 8.60. The zero-order valence-corrected chi connectivity index (χ0v) is 8.60. The summed E-state index contributed by atoms with van der Waals surface area (Å²) in [6.45, 7) is 0.897. The van der Waals surface area contributed by atoms with Gasteiger partial charge < -0.3 is 9.73 Å². The second-order valence-electron chi connectivity index (χ2n) is 3.21. The molecule has 0 radical (unpaired) electrons. The molecule has 4 heteroatoms. The Morgan fingerprint density at radius 1 is 1.40 bits per heavy atom. The van der Waals surface area contributed by atoms with Gasteiger partial charge in [0.25, 0.3) is 0 Å². The highest BCUT2D eigenvalue weighted by molar-refractivity contribution is 5.46. The molecule has 4 nitrogen and oxygen atoms in total. The molecule has 0 spiro atoms. The lowest BCUT2D eigenvalue weighted by molar-refractivity contribution is 0.569. The minimum Gasteiger partial charge on any atom is -0.443 e. The van der Waals surface area contributed by atoms with Gasteiger partial charge in [0.1, 0.15) is 12.0 Å². The molecule has 1 N–H and O–H groups in total. The summed E-state index contributed by atoms with van der Waals surface area (Å²) in [5, 5.41) is 3.07. The van der Waals surface area contributed by atoms with Crippen LogP contribution in [-0.2, 0) is 6.42 Å². The molecule has 2 rings (SSSR count). The van der Waals surface area contributed by atoms with Crippen molar-refractivity contribution in [2.75, 3.05) is 13.6 Å². The average molecular weight is 203 g/mol. The Morgan fingerprint density at radius 3 is 3.07 bits per heavy atom. The summed E-state index contributed by atoms with van der Waals surface area (Å²) >= 11 is 0. The predicted octanol–water partition coefficient (Wildman–Crippen LogP) is 1.50. The summed E-state index contributed by atoms with van der Waals surface area (Å²) in [4.78, 5) is 8.52. The first-order chi connectivity index (χ1) is 7.40. The van der Waals surface area contributed by atoms with Crippen LogP contribution >= 0.6 is 0 Å². The predicted molar refractivity (Wildman–Crippen MR) is 57.4 cm³/mol. The van der Waals surface area contributed by atoms with Crippen LogP contribution in [0.25, 0.3) is 11.6 Å². The standard InChI is InChI=1S/C11H13N3O/c1-12-7-5-9-8-15-11(14-9)10-4-2-3-6-13-10/h2-4,6,8,12H,5,7H2,1H3. The number of nitrogens with one attached hydrogen (secondary N) is 1. The van der Waals surface area contributed by atoms with Crippen molar-refractivity contribution in [3.8, 4) is 11.6 Å². The van der Waals surface area contributed by atoms with Gasteiger partial charge in [-0.25, -0.2) is 4.98 Å². The highest BCUT2D eigenvalue weighted by Crippen LogP contribution is 2.15. The van der Waals surface area contributed by atoms with Crippen LogP contribution in [0.1, 0.15) is 5.69 Å². The molecule has 78 valence electrons. The van der Waals surface area contributed by atoms with E-state index in [0.29, 0.717) is 5.89 Å². The van der Waals surface area contributed by atoms with Gasteiger partial charge in [-0.15, -0.1) is 0 Å². The summed E-state index contributed by atoms with van der Waals surface area (Å²) < 4.78 is 5.35. The van der Waals surface area contributed by atoms with Crippen LogP contribution in [-0.4, -0.2) is 23.6 Å². The minimum absolute atomic E-state index is 0.585. The van der Waals surface area contributed by atoms with Gasteiger partial charge in [0.2, 0.25) is 5.89 Å². The Kier molecular flexibility index (Phi) is 3.09. The van der Waals surface area contributed by atoms with Gasteiger partial charge in [0, 0.05) is 19.2 Å². The number of aromatic nitrogens is 2. The maximum atomic E-state index is 5.35. The van der Waals surface area contributed by atoms with E-state index in [1.807, 2.05) is 25.2 Å². The monoisotopic (exact) mass is 203 g/mol. The summed E-state index contributed by atoms with van der Waals surface area (Å²) in [7, 11) is 1.92. The molecule has 0 aromatic carbocycles. The molecule has 15 heavy (non-hydrogen) atoms. The van der Waals surface area contributed by atoms with Crippen LogP contribution in [0.15, 0.2) is 35.1 Å². The third kappa shape index (κ3) is 2.41. The van der Waals surface area contributed by atoms with E-state index in [0.717, 1.165) is 24.4 Å². The SMILES string of the molecule is CNCCc1coc(-c2ccccn2)n1. The highest BCUT2D eigenvalue weighted by atomic mass is 16.3. The maximum absolute atomic E-state index is 5.35. The van der Waals surface area contributed by atoms with E-state index in [4.69, 9.17) is 4.42 Å². The normalized spacial score (nSPS) is 10.5. The quantitative estimate of drug-likeness (QED) is 0.818. The first-order valence-electron chi connectivity index (χ1n) is 4.90. The molecule has 0 aliphatic rings. The summed E-state index contributed by atoms with van der Waals surface area (Å²) in [6, 6.07) is 5.67. The Labute approximate surface area is 88.4 Å². The summed E-state index contributed by atoms with van der Waals surface area (Å²) in [5.41, 5.74) is 1.72. The van der Waals surface area contributed by atoms with Crippen molar-refractivity contribution in [3.05, 3.63) is 36.4 Å². The van der Waals surface area contributed by atoms with E-state index in [9.17, 15) is 0 Å². The lowest BCUT2D eigenvalue weighted by Gasteiger charge is -1.93. The van der Waals surface area contributed by atoms with Crippen LogP contribution in [0.5, 0.6) is 0 Å². The van der Waals surface area contributed by atoms with E-state index in [1.54, 1.807) is 12.5 Å². The molecule has 0 saturated heterocycles. The molecule has 0 amide bonds. The number of rotatable bonds is 4. The molecule has 0 unspecified atom stereocenters. The number of oxazole rings is 1. The number of hydrogen-bond donors (Lipinski definition) is 1. The lowest BCUT2D eigenvalue weighted by atomic mass is 10.3. The van der Waals surface area contributed by atoms with Gasteiger partial charge in [0.05, 0.1) is 5.69 Å². The lowest BCUT2D eigenvalue weighted by Crippen LogP contribution is -2.10. The molecule has 2 aromatic rings. The number of nitrogens with zero attached hydrogens (tertiary/aromatic N) is 2. The Bertz CT molecular complexity index is 411. The molecule has 0 aliphatic carbocycles. The van der Waals surface area contributed by atoms with Crippen molar-refractivity contribution in [2.45, 2.75) is 6.42 Å². The molecule has 0 saturated carbocycles. The van der Waals surface area contributed by atoms with Crippen molar-refractivity contribution in [2.24, 2.45) is 0 Å². The molecular weight excluding hydrogens is 190 g/mol. The van der Waals surface area contributed by atoms with Crippen LogP contribution in [0.4, 0.5) is 0 Å². The van der Waals surface area contributed by atoms with Crippen LogP contribution in [0.3, 0.4) is 0 Å². The molecule has 2 aromatic heterocycles. The van der Waals surface area contributed by atoms with E-state index in [2.05, 4.69) is 15.3 Å². The van der Waals surface area contributed by atoms with Crippen molar-refractivity contribution in [1.29, 1.82) is 0 Å². The van der Waals surface area contributed by atoms with Crippen molar-refractivity contribution in [3.63, 3.8) is 0 Å². The number of likely N-dealkylation sites (N-methyl/N-ethyl adjacent to an activating group) is 1. The third-order valence-corrected chi connectivity index (χ3v) is 2.07.